The van der Waals surface area contributed by atoms with Gasteiger partial charge in [0.25, 0.3) is 5.91 Å². The lowest BCUT2D eigenvalue weighted by Gasteiger charge is -2.01. The number of halogens is 1. The minimum atomic E-state index is -0.757. The summed E-state index contributed by atoms with van der Waals surface area (Å²) in [7, 11) is 1.49. The van der Waals surface area contributed by atoms with Gasteiger partial charge in [-0.05, 0) is 17.7 Å². The van der Waals surface area contributed by atoms with Crippen LogP contribution in [0.4, 0.5) is 11.6 Å². The Labute approximate surface area is 146 Å². The molecule has 11 heteroatoms. The molecule has 128 valence electrons. The van der Waals surface area contributed by atoms with Crippen LogP contribution in [-0.4, -0.2) is 35.4 Å². The summed E-state index contributed by atoms with van der Waals surface area (Å²) in [6.07, 6.45) is 2.59. The van der Waals surface area contributed by atoms with E-state index in [1.54, 1.807) is 12.1 Å². The van der Waals surface area contributed by atoms with Crippen molar-refractivity contribution in [2.45, 2.75) is 6.54 Å². The van der Waals surface area contributed by atoms with Gasteiger partial charge in [0.15, 0.2) is 0 Å². The summed E-state index contributed by atoms with van der Waals surface area (Å²) in [5, 5.41) is 21.9. The van der Waals surface area contributed by atoms with Crippen LogP contribution >= 0.6 is 11.6 Å². The summed E-state index contributed by atoms with van der Waals surface area (Å²) in [6, 6.07) is 7.25. The Hall–Kier alpha value is -3.27. The molecule has 0 radical (unpaired) electrons. The van der Waals surface area contributed by atoms with Crippen LogP contribution in [0.15, 0.2) is 36.8 Å². The summed E-state index contributed by atoms with van der Waals surface area (Å²) >= 11 is 5.93. The number of rotatable bonds is 5. The number of carbonyl (C=O) groups is 1. The van der Waals surface area contributed by atoms with Crippen molar-refractivity contribution >= 4 is 29.1 Å². The lowest BCUT2D eigenvalue weighted by Crippen LogP contribution is -2.16. The van der Waals surface area contributed by atoms with Gasteiger partial charge >= 0.3 is 5.69 Å². The van der Waals surface area contributed by atoms with Gasteiger partial charge in [-0.2, -0.15) is 5.10 Å². The summed E-state index contributed by atoms with van der Waals surface area (Å²) in [6.45, 7) is 0.410. The van der Waals surface area contributed by atoms with Crippen molar-refractivity contribution < 1.29 is 9.72 Å². The third-order valence-electron chi connectivity index (χ3n) is 3.22. The number of anilines is 1. The normalized spacial score (nSPS) is 10.6. The number of aryl methyl sites for hydroxylation is 1. The van der Waals surface area contributed by atoms with Crippen molar-refractivity contribution in [3.63, 3.8) is 0 Å². The second-order valence-electron chi connectivity index (χ2n) is 5.14. The van der Waals surface area contributed by atoms with Crippen molar-refractivity contribution in [1.29, 1.82) is 0 Å². The Bertz CT molecular complexity index is 950. The third-order valence-corrected chi connectivity index (χ3v) is 3.45. The van der Waals surface area contributed by atoms with Crippen LogP contribution in [0.2, 0.25) is 5.02 Å². The minimum absolute atomic E-state index is 0.0204. The number of nitro groups is 1. The molecule has 1 aromatic carbocycles. The molecule has 0 aliphatic rings. The number of nitrogens with one attached hydrogen (secondary N) is 1. The van der Waals surface area contributed by atoms with Gasteiger partial charge in [0.2, 0.25) is 11.6 Å². The van der Waals surface area contributed by atoms with Crippen LogP contribution in [0, 0.1) is 10.1 Å². The molecular weight excluding hydrogens is 350 g/mol. The molecule has 10 nitrogen and oxygen atoms in total. The molecule has 0 aliphatic heterocycles. The van der Waals surface area contributed by atoms with E-state index in [0.29, 0.717) is 11.6 Å². The number of benzene rings is 1. The van der Waals surface area contributed by atoms with Gasteiger partial charge in [-0.1, -0.05) is 23.7 Å². The van der Waals surface area contributed by atoms with E-state index in [1.807, 2.05) is 12.1 Å². The van der Waals surface area contributed by atoms with E-state index in [2.05, 4.69) is 20.5 Å². The molecule has 0 saturated carbocycles. The lowest BCUT2D eigenvalue weighted by atomic mass is 10.2. The third kappa shape index (κ3) is 3.80. The molecule has 25 heavy (non-hydrogen) atoms. The van der Waals surface area contributed by atoms with Crippen LogP contribution in [0.25, 0.3) is 0 Å². The topological polar surface area (TPSA) is 121 Å². The van der Waals surface area contributed by atoms with Crippen LogP contribution in [0.3, 0.4) is 0 Å². The zero-order chi connectivity index (χ0) is 18.0. The Balaban J connectivity index is 1.73. The van der Waals surface area contributed by atoms with Crippen molar-refractivity contribution in [2.75, 3.05) is 5.32 Å². The number of amides is 1. The Kier molecular flexibility index (Phi) is 4.44. The van der Waals surface area contributed by atoms with E-state index in [4.69, 9.17) is 11.6 Å². The highest BCUT2D eigenvalue weighted by molar-refractivity contribution is 6.30. The minimum Gasteiger partial charge on any atom is -0.287 e. The second kappa shape index (κ2) is 6.69. The summed E-state index contributed by atoms with van der Waals surface area (Å²) in [5.41, 5.74) is 0.215. The number of hydrogen-bond donors (Lipinski definition) is 1. The van der Waals surface area contributed by atoms with Crippen molar-refractivity contribution in [2.24, 2.45) is 7.05 Å². The van der Waals surface area contributed by atoms with E-state index in [1.165, 1.54) is 22.7 Å². The molecule has 2 aromatic heterocycles. The molecule has 0 atom stereocenters. The number of nitrogens with zero attached hydrogens (tertiary/aromatic N) is 6. The maximum atomic E-state index is 12.2. The first kappa shape index (κ1) is 16.6. The molecule has 3 rings (SSSR count). The summed E-state index contributed by atoms with van der Waals surface area (Å²) in [5.74, 6) is -0.736. The SMILES string of the molecule is Cn1cc([N+](=O)[O-])c(C(=O)Nc2ncn(Cc3cccc(Cl)c3)n2)n1. The van der Waals surface area contributed by atoms with Crippen molar-refractivity contribution in [1.82, 2.24) is 24.5 Å². The fourth-order valence-electron chi connectivity index (χ4n) is 2.18. The highest BCUT2D eigenvalue weighted by Gasteiger charge is 2.25. The molecule has 0 aliphatic carbocycles. The average Bonchev–Trinajstić information content (AvgIpc) is 3.14. The molecule has 0 spiro atoms. The molecule has 2 heterocycles. The van der Waals surface area contributed by atoms with E-state index < -0.39 is 16.5 Å². The van der Waals surface area contributed by atoms with Crippen LogP contribution in [-0.2, 0) is 13.6 Å². The van der Waals surface area contributed by atoms with Gasteiger partial charge in [0, 0.05) is 12.1 Å². The molecule has 0 unspecified atom stereocenters. The van der Waals surface area contributed by atoms with Crippen LogP contribution in [0.5, 0.6) is 0 Å². The van der Waals surface area contributed by atoms with Crippen molar-refractivity contribution in [3.8, 4) is 0 Å². The Morgan fingerprint density at radius 1 is 1.40 bits per heavy atom. The molecule has 3 aromatic rings. The van der Waals surface area contributed by atoms with Crippen LogP contribution in [0.1, 0.15) is 16.1 Å². The highest BCUT2D eigenvalue weighted by atomic mass is 35.5. The molecule has 0 fully saturated rings. The fraction of sp³-hybridized carbons (Fsp3) is 0.143. The lowest BCUT2D eigenvalue weighted by molar-refractivity contribution is -0.385. The molecule has 0 saturated heterocycles. The smallest absolute Gasteiger partial charge is 0.287 e. The van der Waals surface area contributed by atoms with Gasteiger partial charge in [-0.25, -0.2) is 9.67 Å². The first-order valence-electron chi connectivity index (χ1n) is 7.05. The quantitative estimate of drug-likeness (QED) is 0.547. The number of aromatic nitrogens is 5. The van der Waals surface area contributed by atoms with Gasteiger partial charge in [0.05, 0.1) is 11.5 Å². The fourth-order valence-corrected chi connectivity index (χ4v) is 2.40. The molecule has 0 bridgehead atoms. The maximum absolute atomic E-state index is 12.2. The van der Waals surface area contributed by atoms with Gasteiger partial charge < -0.3 is 0 Å². The zero-order valence-electron chi connectivity index (χ0n) is 13.0. The Morgan fingerprint density at radius 2 is 2.20 bits per heavy atom. The summed E-state index contributed by atoms with van der Waals surface area (Å²) in [4.78, 5) is 26.4. The van der Waals surface area contributed by atoms with Gasteiger partial charge in [-0.3, -0.25) is 24.9 Å². The average molecular weight is 362 g/mol. The van der Waals surface area contributed by atoms with Crippen molar-refractivity contribution in [3.05, 3.63) is 63.2 Å². The van der Waals surface area contributed by atoms with E-state index >= 15 is 0 Å². The highest BCUT2D eigenvalue weighted by Crippen LogP contribution is 2.17. The molecule has 1 amide bonds. The van der Waals surface area contributed by atoms with Crippen LogP contribution < -0.4 is 5.32 Å². The zero-order valence-corrected chi connectivity index (χ0v) is 13.7. The first-order chi connectivity index (χ1) is 11.9. The molecular formula is C14H12ClN7O3. The monoisotopic (exact) mass is 361 g/mol. The Morgan fingerprint density at radius 3 is 2.92 bits per heavy atom. The summed E-state index contributed by atoms with van der Waals surface area (Å²) < 4.78 is 2.70. The van der Waals surface area contributed by atoms with E-state index in [9.17, 15) is 14.9 Å². The largest absolute Gasteiger partial charge is 0.320 e. The van der Waals surface area contributed by atoms with Gasteiger partial charge in [0.1, 0.15) is 12.5 Å². The first-order valence-corrected chi connectivity index (χ1v) is 7.43. The van der Waals surface area contributed by atoms with Gasteiger partial charge in [-0.15, -0.1) is 5.10 Å². The molecule has 1 N–H and O–H groups in total. The van der Waals surface area contributed by atoms with E-state index in [0.717, 1.165) is 11.8 Å². The van der Waals surface area contributed by atoms with E-state index in [-0.39, 0.29) is 11.6 Å². The second-order valence-corrected chi connectivity index (χ2v) is 5.58. The number of carbonyl (C=O) groups excluding carboxylic acids is 1. The predicted molar refractivity (Wildman–Crippen MR) is 88.4 cm³/mol. The number of hydrogen-bond acceptors (Lipinski definition) is 6. The standard InChI is InChI=1S/C14H12ClN7O3/c1-20-7-11(22(24)25)12(18-20)13(23)17-14-16-8-21(19-14)6-9-3-2-4-10(15)5-9/h2-5,7-8H,6H2,1H3,(H,17,19,23). The maximum Gasteiger partial charge on any atom is 0.320 e. The predicted octanol–water partition coefficient (Wildman–Crippen LogP) is 1.87.